The summed E-state index contributed by atoms with van der Waals surface area (Å²) in [6, 6.07) is 18.3. The van der Waals surface area contributed by atoms with Crippen molar-refractivity contribution < 1.29 is 4.79 Å². The van der Waals surface area contributed by atoms with Crippen molar-refractivity contribution in [1.82, 2.24) is 0 Å². The van der Waals surface area contributed by atoms with E-state index in [4.69, 9.17) is 5.26 Å². The van der Waals surface area contributed by atoms with E-state index in [0.29, 0.717) is 16.9 Å². The van der Waals surface area contributed by atoms with Crippen LogP contribution in [0.2, 0.25) is 0 Å². The van der Waals surface area contributed by atoms with Crippen molar-refractivity contribution in [2.45, 2.75) is 19.8 Å². The van der Waals surface area contributed by atoms with Gasteiger partial charge in [0.1, 0.15) is 17.7 Å². The molecule has 0 spiro atoms. The molecular formula is C20H18N4O. The molecule has 25 heavy (non-hydrogen) atoms. The number of nitrogens with one attached hydrogen (secondary N) is 2. The summed E-state index contributed by atoms with van der Waals surface area (Å²) in [5.41, 5.74) is 2.57. The van der Waals surface area contributed by atoms with E-state index in [1.807, 2.05) is 38.1 Å². The minimum atomic E-state index is -0.502. The van der Waals surface area contributed by atoms with E-state index in [-0.39, 0.29) is 11.5 Å². The number of amides is 1. The van der Waals surface area contributed by atoms with Gasteiger partial charge in [-0.2, -0.15) is 10.5 Å². The molecule has 0 aliphatic heterocycles. The fraction of sp³-hybridized carbons (Fsp3) is 0.150. The highest BCUT2D eigenvalue weighted by molar-refractivity contribution is 6.07. The van der Waals surface area contributed by atoms with Crippen molar-refractivity contribution in [2.24, 2.45) is 0 Å². The molecule has 0 heterocycles. The number of anilines is 2. The van der Waals surface area contributed by atoms with Crippen LogP contribution in [0.4, 0.5) is 11.4 Å². The zero-order chi connectivity index (χ0) is 18.2. The quantitative estimate of drug-likeness (QED) is 0.637. The number of rotatable bonds is 5. The molecule has 0 aromatic heterocycles. The van der Waals surface area contributed by atoms with Gasteiger partial charge in [0.05, 0.1) is 11.3 Å². The standard InChI is InChI=1S/C20H18N4O/c1-14(2)17-8-4-6-10-19(17)24-20(25)16(12-22)13-23-18-9-5-3-7-15(18)11-21/h3-10,13-14,23H,1-2H3,(H,24,25)/b16-13-. The fourth-order valence-electron chi connectivity index (χ4n) is 2.31. The van der Waals surface area contributed by atoms with Crippen LogP contribution in [0, 0.1) is 22.7 Å². The van der Waals surface area contributed by atoms with Crippen molar-refractivity contribution in [2.75, 3.05) is 10.6 Å². The first-order valence-electron chi connectivity index (χ1n) is 7.83. The second kappa shape index (κ2) is 8.33. The van der Waals surface area contributed by atoms with Crippen LogP contribution < -0.4 is 10.6 Å². The van der Waals surface area contributed by atoms with Crippen molar-refractivity contribution in [1.29, 1.82) is 10.5 Å². The van der Waals surface area contributed by atoms with Gasteiger partial charge < -0.3 is 10.6 Å². The van der Waals surface area contributed by atoms with Gasteiger partial charge in [-0.05, 0) is 29.7 Å². The molecule has 2 N–H and O–H groups in total. The number of hydrogen-bond acceptors (Lipinski definition) is 4. The highest BCUT2D eigenvalue weighted by atomic mass is 16.1. The van der Waals surface area contributed by atoms with E-state index in [0.717, 1.165) is 5.56 Å². The van der Waals surface area contributed by atoms with E-state index < -0.39 is 5.91 Å². The molecule has 0 saturated carbocycles. The summed E-state index contributed by atoms with van der Waals surface area (Å²) >= 11 is 0. The number of nitriles is 2. The zero-order valence-electron chi connectivity index (χ0n) is 14.1. The van der Waals surface area contributed by atoms with Crippen LogP contribution in [-0.4, -0.2) is 5.91 Å². The molecule has 2 aromatic carbocycles. The van der Waals surface area contributed by atoms with Gasteiger partial charge in [-0.25, -0.2) is 0 Å². The Morgan fingerprint density at radius 2 is 1.68 bits per heavy atom. The predicted molar refractivity (Wildman–Crippen MR) is 97.6 cm³/mol. The molecule has 0 aliphatic carbocycles. The maximum absolute atomic E-state index is 12.4. The van der Waals surface area contributed by atoms with Crippen LogP contribution in [0.25, 0.3) is 0 Å². The summed E-state index contributed by atoms with van der Waals surface area (Å²) in [6.07, 6.45) is 1.31. The number of hydrogen-bond donors (Lipinski definition) is 2. The van der Waals surface area contributed by atoms with Crippen LogP contribution in [0.3, 0.4) is 0 Å². The first-order chi connectivity index (χ1) is 12.1. The van der Waals surface area contributed by atoms with E-state index >= 15 is 0 Å². The van der Waals surface area contributed by atoms with Gasteiger partial charge in [0.15, 0.2) is 0 Å². The summed E-state index contributed by atoms with van der Waals surface area (Å²) in [7, 11) is 0. The van der Waals surface area contributed by atoms with E-state index in [1.54, 1.807) is 30.3 Å². The van der Waals surface area contributed by atoms with Gasteiger partial charge >= 0.3 is 0 Å². The van der Waals surface area contributed by atoms with Crippen LogP contribution in [-0.2, 0) is 4.79 Å². The molecule has 0 bridgehead atoms. The minimum absolute atomic E-state index is 0.0775. The molecule has 0 saturated heterocycles. The molecule has 0 radical (unpaired) electrons. The monoisotopic (exact) mass is 330 g/mol. The summed E-state index contributed by atoms with van der Waals surface area (Å²) in [5.74, 6) is -0.260. The van der Waals surface area contributed by atoms with Crippen molar-refractivity contribution in [3.8, 4) is 12.1 Å². The third-order valence-corrected chi connectivity index (χ3v) is 3.62. The molecule has 1 amide bonds. The van der Waals surface area contributed by atoms with Crippen LogP contribution in [0.15, 0.2) is 60.3 Å². The summed E-state index contributed by atoms with van der Waals surface area (Å²) in [5, 5.41) is 24.0. The lowest BCUT2D eigenvalue weighted by molar-refractivity contribution is -0.112. The number of benzene rings is 2. The van der Waals surface area contributed by atoms with Gasteiger partial charge in [0.25, 0.3) is 5.91 Å². The summed E-state index contributed by atoms with van der Waals surface area (Å²) < 4.78 is 0. The number of para-hydroxylation sites is 2. The first kappa shape index (κ1) is 17.8. The lowest BCUT2D eigenvalue weighted by Gasteiger charge is -2.13. The Kier molecular flexibility index (Phi) is 5.92. The minimum Gasteiger partial charge on any atom is -0.359 e. The van der Waals surface area contributed by atoms with Gasteiger partial charge in [0.2, 0.25) is 0 Å². The van der Waals surface area contributed by atoms with Gasteiger partial charge in [-0.15, -0.1) is 0 Å². The zero-order valence-corrected chi connectivity index (χ0v) is 14.1. The molecule has 5 nitrogen and oxygen atoms in total. The van der Waals surface area contributed by atoms with Crippen molar-refractivity contribution >= 4 is 17.3 Å². The summed E-state index contributed by atoms with van der Waals surface area (Å²) in [6.45, 7) is 4.07. The maximum Gasteiger partial charge on any atom is 0.267 e. The van der Waals surface area contributed by atoms with Gasteiger partial charge in [-0.3, -0.25) is 4.79 Å². The highest BCUT2D eigenvalue weighted by Crippen LogP contribution is 2.24. The topological polar surface area (TPSA) is 88.7 Å². The molecule has 2 aromatic rings. The molecule has 5 heteroatoms. The smallest absolute Gasteiger partial charge is 0.267 e. The number of nitrogens with zero attached hydrogens (tertiary/aromatic N) is 2. The Bertz CT molecular complexity index is 885. The normalized spacial score (nSPS) is 10.7. The van der Waals surface area contributed by atoms with Crippen LogP contribution in [0.1, 0.15) is 30.9 Å². The molecule has 2 rings (SSSR count). The van der Waals surface area contributed by atoms with Crippen LogP contribution >= 0.6 is 0 Å². The first-order valence-corrected chi connectivity index (χ1v) is 7.83. The van der Waals surface area contributed by atoms with Crippen molar-refractivity contribution in [3.63, 3.8) is 0 Å². The number of carbonyl (C=O) groups is 1. The molecule has 124 valence electrons. The molecule has 0 aliphatic rings. The number of carbonyl (C=O) groups excluding carboxylic acids is 1. The largest absolute Gasteiger partial charge is 0.359 e. The lowest BCUT2D eigenvalue weighted by Crippen LogP contribution is -2.16. The Morgan fingerprint density at radius 3 is 2.32 bits per heavy atom. The van der Waals surface area contributed by atoms with Gasteiger partial charge in [0, 0.05) is 11.9 Å². The van der Waals surface area contributed by atoms with E-state index in [1.165, 1.54) is 6.20 Å². The van der Waals surface area contributed by atoms with E-state index in [9.17, 15) is 10.1 Å². The molecular weight excluding hydrogens is 312 g/mol. The third kappa shape index (κ3) is 4.46. The van der Waals surface area contributed by atoms with E-state index in [2.05, 4.69) is 16.7 Å². The maximum atomic E-state index is 12.4. The Hall–Kier alpha value is -3.57. The second-order valence-electron chi connectivity index (χ2n) is 5.67. The highest BCUT2D eigenvalue weighted by Gasteiger charge is 2.13. The molecule has 0 fully saturated rings. The summed E-state index contributed by atoms with van der Waals surface area (Å²) in [4.78, 5) is 12.4. The second-order valence-corrected chi connectivity index (χ2v) is 5.67. The Balaban J connectivity index is 2.20. The lowest BCUT2D eigenvalue weighted by atomic mass is 10.0. The SMILES string of the molecule is CC(C)c1ccccc1NC(=O)/C(C#N)=C\Nc1ccccc1C#N. The third-order valence-electron chi connectivity index (χ3n) is 3.62. The van der Waals surface area contributed by atoms with Crippen LogP contribution in [0.5, 0.6) is 0 Å². The Labute approximate surface area is 147 Å². The molecule has 0 atom stereocenters. The molecule has 0 unspecified atom stereocenters. The Morgan fingerprint density at radius 1 is 1.04 bits per heavy atom. The van der Waals surface area contributed by atoms with Gasteiger partial charge in [-0.1, -0.05) is 44.2 Å². The average Bonchev–Trinajstić information content (AvgIpc) is 2.62. The average molecular weight is 330 g/mol. The van der Waals surface area contributed by atoms with Crippen molar-refractivity contribution in [3.05, 3.63) is 71.4 Å². The fourth-order valence-corrected chi connectivity index (χ4v) is 2.31. The predicted octanol–water partition coefficient (Wildman–Crippen LogP) is 4.14.